The fourth-order valence-corrected chi connectivity index (χ4v) is 1.32. The molecule has 0 radical (unpaired) electrons. The third-order valence-corrected chi connectivity index (χ3v) is 2.10. The first-order valence-corrected chi connectivity index (χ1v) is 4.98. The van der Waals surface area contributed by atoms with Crippen LogP contribution in [-0.4, -0.2) is 44.9 Å². The van der Waals surface area contributed by atoms with Gasteiger partial charge in [0.25, 0.3) is 0 Å². The lowest BCUT2D eigenvalue weighted by atomic mass is 10.5. The molecule has 0 saturated heterocycles. The molecule has 88 valence electrons. The Bertz CT molecular complexity index is 630. The molecule has 0 unspecified atom stereocenters. The van der Waals surface area contributed by atoms with E-state index in [0.29, 0.717) is 11.6 Å². The summed E-state index contributed by atoms with van der Waals surface area (Å²) in [5.41, 5.74) is 0.300. The van der Waals surface area contributed by atoms with E-state index in [1.54, 1.807) is 22.9 Å². The molecule has 17 heavy (non-hydrogen) atoms. The monoisotopic (exact) mass is 232 g/mol. The normalized spacial score (nSPS) is 11.2. The van der Waals surface area contributed by atoms with Gasteiger partial charge in [-0.25, -0.2) is 15.0 Å². The average molecular weight is 232 g/mol. The Kier molecular flexibility index (Phi) is 2.82. The molecule has 0 aliphatic heterocycles. The highest BCUT2D eigenvalue weighted by Crippen LogP contribution is 2.09. The summed E-state index contributed by atoms with van der Waals surface area (Å²) in [5.74, 6) is 0.303. The van der Waals surface area contributed by atoms with Crippen molar-refractivity contribution in [1.82, 2.24) is 24.4 Å². The Labute approximate surface area is 97.5 Å². The van der Waals surface area contributed by atoms with Crippen molar-refractivity contribution in [1.29, 1.82) is 0 Å². The molecule has 0 aliphatic carbocycles. The van der Waals surface area contributed by atoms with Crippen molar-refractivity contribution in [2.45, 2.75) is 0 Å². The first kappa shape index (κ1) is 11.2. The molecule has 2 aromatic rings. The minimum atomic E-state index is -0.419. The van der Waals surface area contributed by atoms with Crippen molar-refractivity contribution in [3.63, 3.8) is 0 Å². The second kappa shape index (κ2) is 4.28. The van der Waals surface area contributed by atoms with E-state index < -0.39 is 5.56 Å². The van der Waals surface area contributed by atoms with E-state index in [2.05, 4.69) is 19.9 Å². The van der Waals surface area contributed by atoms with Gasteiger partial charge in [-0.3, -0.25) is 9.36 Å². The first-order valence-electron chi connectivity index (χ1n) is 4.98. The van der Waals surface area contributed by atoms with Crippen LogP contribution >= 0.6 is 0 Å². The van der Waals surface area contributed by atoms with E-state index in [1.165, 1.54) is 12.4 Å². The fourth-order valence-electron chi connectivity index (χ4n) is 1.32. The van der Waals surface area contributed by atoms with Gasteiger partial charge in [0, 0.05) is 33.5 Å². The van der Waals surface area contributed by atoms with Crippen LogP contribution in [0.1, 0.15) is 0 Å². The summed E-state index contributed by atoms with van der Waals surface area (Å²) in [6.45, 7) is 0. The van der Waals surface area contributed by atoms with Crippen LogP contribution in [0, 0.1) is 0 Å². The number of nitrogens with zero attached hydrogens (tertiary/aromatic N) is 6. The van der Waals surface area contributed by atoms with Gasteiger partial charge < -0.3 is 4.90 Å². The Balaban J connectivity index is 2.67. The number of aliphatic imine (C=N–C) groups is 1. The van der Waals surface area contributed by atoms with Crippen LogP contribution in [0.5, 0.6) is 0 Å². The van der Waals surface area contributed by atoms with Gasteiger partial charge in [0.05, 0.1) is 6.34 Å². The Morgan fingerprint density at radius 3 is 2.76 bits per heavy atom. The quantitative estimate of drug-likeness (QED) is 0.535. The predicted molar refractivity (Wildman–Crippen MR) is 64.4 cm³/mol. The number of hydrogen-bond donors (Lipinski definition) is 0. The van der Waals surface area contributed by atoms with E-state index >= 15 is 0 Å². The van der Waals surface area contributed by atoms with Gasteiger partial charge in [-0.2, -0.15) is 4.98 Å². The summed E-state index contributed by atoms with van der Waals surface area (Å²) in [7, 11) is 5.41. The van der Waals surface area contributed by atoms with Crippen molar-refractivity contribution in [3.8, 4) is 0 Å². The molecule has 0 amide bonds. The molecule has 0 bridgehead atoms. The van der Waals surface area contributed by atoms with E-state index in [0.717, 1.165) is 0 Å². The largest absolute Gasteiger partial charge is 0.369 e. The Morgan fingerprint density at radius 2 is 2.06 bits per heavy atom. The maximum Gasteiger partial charge on any atom is 0.302 e. The zero-order chi connectivity index (χ0) is 12.4. The van der Waals surface area contributed by atoms with Crippen LogP contribution in [0.15, 0.2) is 22.2 Å². The molecule has 0 atom stereocenters. The summed E-state index contributed by atoms with van der Waals surface area (Å²) in [6.07, 6.45) is 4.57. The SMILES string of the molecule is CN(C)/C=N/c1nc(=O)c2nccnc2n1C. The lowest BCUT2D eigenvalue weighted by molar-refractivity contribution is 0.641. The molecule has 0 saturated carbocycles. The average Bonchev–Trinajstić information content (AvgIpc) is 2.32. The minimum absolute atomic E-state index is 0.249. The number of aryl methyl sites for hydroxylation is 1. The summed E-state index contributed by atoms with van der Waals surface area (Å²) < 4.78 is 1.63. The van der Waals surface area contributed by atoms with Crippen molar-refractivity contribution in [2.75, 3.05) is 14.1 Å². The summed E-state index contributed by atoms with van der Waals surface area (Å²) >= 11 is 0. The van der Waals surface area contributed by atoms with Crippen LogP contribution in [-0.2, 0) is 7.05 Å². The third kappa shape index (κ3) is 2.12. The molecule has 0 fully saturated rings. The van der Waals surface area contributed by atoms with Gasteiger partial charge in [0.1, 0.15) is 0 Å². The molecule has 0 spiro atoms. The molecule has 0 aliphatic rings. The number of fused-ring (bicyclic) bond motifs is 1. The standard InChI is InChI=1S/C10H12N6O/c1-15(2)6-13-10-14-9(17)7-8(16(10)3)12-5-4-11-7/h4-6H,1-3H3/b13-6+. The summed E-state index contributed by atoms with van der Waals surface area (Å²) in [6, 6.07) is 0. The summed E-state index contributed by atoms with van der Waals surface area (Å²) in [4.78, 5) is 29.5. The Hall–Kier alpha value is -2.31. The van der Waals surface area contributed by atoms with Crippen LogP contribution in [0.4, 0.5) is 5.95 Å². The molecule has 2 rings (SSSR count). The molecule has 7 heteroatoms. The molecule has 2 aromatic heterocycles. The zero-order valence-electron chi connectivity index (χ0n) is 9.82. The van der Waals surface area contributed by atoms with Gasteiger partial charge in [0.15, 0.2) is 11.2 Å². The second-order valence-corrected chi connectivity index (χ2v) is 3.71. The molecule has 7 nitrogen and oxygen atoms in total. The minimum Gasteiger partial charge on any atom is -0.369 e. The van der Waals surface area contributed by atoms with E-state index in [1.807, 2.05) is 14.1 Å². The van der Waals surface area contributed by atoms with Crippen molar-refractivity contribution in [3.05, 3.63) is 22.7 Å². The maximum absolute atomic E-state index is 11.7. The van der Waals surface area contributed by atoms with Crippen LogP contribution in [0.2, 0.25) is 0 Å². The summed E-state index contributed by atoms with van der Waals surface area (Å²) in [5, 5.41) is 0. The molecular formula is C10H12N6O. The zero-order valence-corrected chi connectivity index (χ0v) is 9.82. The van der Waals surface area contributed by atoms with Crippen LogP contribution in [0.3, 0.4) is 0 Å². The number of aromatic nitrogens is 4. The highest BCUT2D eigenvalue weighted by molar-refractivity contribution is 5.70. The second-order valence-electron chi connectivity index (χ2n) is 3.71. The van der Waals surface area contributed by atoms with Gasteiger partial charge >= 0.3 is 5.56 Å². The van der Waals surface area contributed by atoms with E-state index in [-0.39, 0.29) is 5.52 Å². The number of rotatable bonds is 2. The number of hydrogen-bond acceptors (Lipinski definition) is 5. The molecule has 0 N–H and O–H groups in total. The van der Waals surface area contributed by atoms with Gasteiger partial charge in [-0.1, -0.05) is 0 Å². The fraction of sp³-hybridized carbons (Fsp3) is 0.300. The van der Waals surface area contributed by atoms with E-state index in [9.17, 15) is 4.79 Å². The van der Waals surface area contributed by atoms with Crippen LogP contribution in [0.25, 0.3) is 11.2 Å². The first-order chi connectivity index (χ1) is 8.09. The highest BCUT2D eigenvalue weighted by Gasteiger charge is 2.08. The van der Waals surface area contributed by atoms with Gasteiger partial charge in [-0.05, 0) is 0 Å². The lowest BCUT2D eigenvalue weighted by Gasteiger charge is -2.06. The third-order valence-electron chi connectivity index (χ3n) is 2.10. The predicted octanol–water partition coefficient (Wildman–Crippen LogP) is -0.0551. The molecule has 0 aromatic carbocycles. The van der Waals surface area contributed by atoms with Crippen LogP contribution < -0.4 is 5.56 Å². The lowest BCUT2D eigenvalue weighted by Crippen LogP contribution is -2.15. The van der Waals surface area contributed by atoms with Gasteiger partial charge in [0.2, 0.25) is 5.95 Å². The van der Waals surface area contributed by atoms with Gasteiger partial charge in [-0.15, -0.1) is 0 Å². The smallest absolute Gasteiger partial charge is 0.302 e. The van der Waals surface area contributed by atoms with E-state index in [4.69, 9.17) is 0 Å². The molecule has 2 heterocycles. The maximum atomic E-state index is 11.7. The Morgan fingerprint density at radius 1 is 1.35 bits per heavy atom. The van der Waals surface area contributed by atoms with Crippen molar-refractivity contribution in [2.24, 2.45) is 12.0 Å². The van der Waals surface area contributed by atoms with Crippen molar-refractivity contribution >= 4 is 23.5 Å². The molecular weight excluding hydrogens is 220 g/mol. The van der Waals surface area contributed by atoms with Crippen molar-refractivity contribution < 1.29 is 0 Å². The highest BCUT2D eigenvalue weighted by atomic mass is 16.1. The topological polar surface area (TPSA) is 76.3 Å².